The molecule has 4 bridgehead atoms. The quantitative estimate of drug-likeness (QED) is 0.489. The molecule has 0 saturated heterocycles. The number of nitrogens with zero attached hydrogens (tertiary/aromatic N) is 2. The first-order valence-electron chi connectivity index (χ1n) is 11.2. The van der Waals surface area contributed by atoms with Crippen LogP contribution in [0.5, 0.6) is 0 Å². The van der Waals surface area contributed by atoms with Crippen LogP contribution >= 0.6 is 22.7 Å². The molecule has 0 aliphatic heterocycles. The molecule has 4 saturated carbocycles. The van der Waals surface area contributed by atoms with Gasteiger partial charge in [0.05, 0.1) is 11.3 Å². The summed E-state index contributed by atoms with van der Waals surface area (Å²) in [5.74, 6) is 2.01. The summed E-state index contributed by atoms with van der Waals surface area (Å²) in [6.45, 7) is 0. The van der Waals surface area contributed by atoms with Gasteiger partial charge in [0.25, 0.3) is 15.9 Å². The van der Waals surface area contributed by atoms with Crippen molar-refractivity contribution in [3.63, 3.8) is 0 Å². The molecule has 1 aromatic carbocycles. The highest BCUT2D eigenvalue weighted by Gasteiger charge is 2.53. The minimum Gasteiger partial charge on any atom is -0.296 e. The molecular weight excluding hydrogens is 476 g/mol. The Morgan fingerprint density at radius 2 is 1.67 bits per heavy atom. The van der Waals surface area contributed by atoms with Crippen LogP contribution in [-0.4, -0.2) is 24.5 Å². The van der Waals surface area contributed by atoms with E-state index in [1.807, 2.05) is 0 Å². The van der Waals surface area contributed by atoms with Gasteiger partial charge >= 0.3 is 0 Å². The van der Waals surface area contributed by atoms with E-state index in [1.165, 1.54) is 55.9 Å². The molecule has 2 N–H and O–H groups in total. The van der Waals surface area contributed by atoms with E-state index in [9.17, 15) is 13.2 Å². The fourth-order valence-electron chi connectivity index (χ4n) is 6.41. The summed E-state index contributed by atoms with van der Waals surface area (Å²) < 4.78 is 28.0. The lowest BCUT2D eigenvalue weighted by molar-refractivity contribution is -0.00555. The average Bonchev–Trinajstić information content (AvgIpc) is 3.46. The SMILES string of the molecule is O=C(Nc1nnc(C23CC4CC(CC(C4)C2)C3)s1)c1ccccc1NS(=O)(=O)c1cccs1. The molecule has 2 heterocycles. The van der Waals surface area contributed by atoms with E-state index in [2.05, 4.69) is 20.2 Å². The number of thiophene rings is 1. The molecule has 0 unspecified atom stereocenters. The lowest BCUT2D eigenvalue weighted by atomic mass is 9.50. The highest BCUT2D eigenvalue weighted by Crippen LogP contribution is 2.61. The number of benzene rings is 1. The van der Waals surface area contributed by atoms with E-state index in [0.717, 1.165) is 34.1 Å². The molecule has 1 amide bonds. The zero-order valence-electron chi connectivity index (χ0n) is 17.9. The number of amides is 1. The van der Waals surface area contributed by atoms with E-state index >= 15 is 0 Å². The van der Waals surface area contributed by atoms with Crippen LogP contribution in [0.2, 0.25) is 0 Å². The van der Waals surface area contributed by atoms with E-state index in [0.29, 0.717) is 5.13 Å². The molecular formula is C23H24N4O3S3. The predicted octanol–water partition coefficient (Wildman–Crippen LogP) is 5.12. The molecule has 172 valence electrons. The van der Waals surface area contributed by atoms with Gasteiger partial charge in [-0.15, -0.1) is 21.5 Å². The second-order valence-electron chi connectivity index (χ2n) is 9.65. The van der Waals surface area contributed by atoms with Crippen molar-refractivity contribution < 1.29 is 13.2 Å². The Morgan fingerprint density at radius 3 is 2.33 bits per heavy atom. The van der Waals surface area contributed by atoms with Gasteiger partial charge in [0.2, 0.25) is 5.13 Å². The van der Waals surface area contributed by atoms with Crippen LogP contribution in [0, 0.1) is 17.8 Å². The average molecular weight is 501 g/mol. The fourth-order valence-corrected chi connectivity index (χ4v) is 9.44. The van der Waals surface area contributed by atoms with Crippen LogP contribution in [0.3, 0.4) is 0 Å². The number of anilines is 2. The van der Waals surface area contributed by atoms with Gasteiger partial charge in [0.1, 0.15) is 9.22 Å². The Kier molecular flexibility index (Phi) is 5.08. The maximum Gasteiger partial charge on any atom is 0.271 e. The Labute approximate surface area is 200 Å². The van der Waals surface area contributed by atoms with Crippen molar-refractivity contribution in [2.24, 2.45) is 17.8 Å². The summed E-state index contributed by atoms with van der Waals surface area (Å²) in [6, 6.07) is 9.79. The van der Waals surface area contributed by atoms with Crippen molar-refractivity contribution in [2.75, 3.05) is 10.0 Å². The van der Waals surface area contributed by atoms with Gasteiger partial charge in [0, 0.05) is 5.41 Å². The molecule has 33 heavy (non-hydrogen) atoms. The Bertz CT molecular complexity index is 1260. The van der Waals surface area contributed by atoms with Gasteiger partial charge in [-0.2, -0.15) is 0 Å². The Hall–Kier alpha value is -2.30. The minimum atomic E-state index is -3.76. The van der Waals surface area contributed by atoms with Gasteiger partial charge in [-0.25, -0.2) is 8.42 Å². The molecule has 7 nitrogen and oxygen atoms in total. The fraction of sp³-hybridized carbons (Fsp3) is 0.435. The standard InChI is InChI=1S/C23H24N4O3S3/c28-20(17-4-1-2-5-18(17)27-33(29,30)19-6-3-7-31-19)24-22-26-25-21(32-22)23-11-14-8-15(12-23)10-16(9-14)13-23/h1-7,14-16,27H,8-13H2,(H,24,26,28). The molecule has 2 aromatic heterocycles. The van der Waals surface area contributed by atoms with Crippen LogP contribution < -0.4 is 10.0 Å². The van der Waals surface area contributed by atoms with Crippen molar-refractivity contribution in [3.05, 3.63) is 52.3 Å². The third-order valence-electron chi connectivity index (χ3n) is 7.31. The van der Waals surface area contributed by atoms with E-state index in [1.54, 1.807) is 35.7 Å². The minimum absolute atomic E-state index is 0.129. The number of para-hydroxylation sites is 1. The smallest absolute Gasteiger partial charge is 0.271 e. The highest BCUT2D eigenvalue weighted by atomic mass is 32.2. The summed E-state index contributed by atoms with van der Waals surface area (Å²) in [5.41, 5.74) is 0.599. The maximum atomic E-state index is 13.1. The van der Waals surface area contributed by atoms with Gasteiger partial charge in [-0.3, -0.25) is 14.8 Å². The van der Waals surface area contributed by atoms with Crippen molar-refractivity contribution in [1.29, 1.82) is 0 Å². The van der Waals surface area contributed by atoms with Crippen molar-refractivity contribution in [3.8, 4) is 0 Å². The summed E-state index contributed by atoms with van der Waals surface area (Å²) in [7, 11) is -3.76. The number of hydrogen-bond donors (Lipinski definition) is 2. The summed E-state index contributed by atoms with van der Waals surface area (Å²) >= 11 is 2.59. The first-order valence-corrected chi connectivity index (χ1v) is 14.4. The van der Waals surface area contributed by atoms with Crippen molar-refractivity contribution in [2.45, 2.75) is 48.1 Å². The molecule has 0 radical (unpaired) electrons. The first-order chi connectivity index (χ1) is 15.9. The molecule has 10 heteroatoms. The van der Waals surface area contributed by atoms with Crippen molar-refractivity contribution in [1.82, 2.24) is 10.2 Å². The van der Waals surface area contributed by atoms with Crippen LogP contribution in [0.25, 0.3) is 0 Å². The number of rotatable bonds is 6. The van der Waals surface area contributed by atoms with Crippen LogP contribution in [0.4, 0.5) is 10.8 Å². The lowest BCUT2D eigenvalue weighted by Gasteiger charge is -2.55. The Balaban J connectivity index is 1.21. The van der Waals surface area contributed by atoms with Gasteiger partial charge < -0.3 is 0 Å². The van der Waals surface area contributed by atoms with Crippen molar-refractivity contribution >= 4 is 49.4 Å². The molecule has 0 spiro atoms. The zero-order valence-corrected chi connectivity index (χ0v) is 20.3. The summed E-state index contributed by atoms with van der Waals surface area (Å²) in [5, 5.41) is 14.8. The van der Waals surface area contributed by atoms with Crippen LogP contribution in [-0.2, 0) is 15.4 Å². The molecule has 7 rings (SSSR count). The molecule has 4 aliphatic carbocycles. The Morgan fingerprint density at radius 1 is 0.970 bits per heavy atom. The van der Waals surface area contributed by atoms with Crippen LogP contribution in [0.15, 0.2) is 46.0 Å². The second-order valence-corrected chi connectivity index (χ2v) is 13.5. The number of carbonyl (C=O) groups is 1. The summed E-state index contributed by atoms with van der Waals surface area (Å²) in [6.07, 6.45) is 7.65. The number of carbonyl (C=O) groups excluding carboxylic acids is 1. The lowest BCUT2D eigenvalue weighted by Crippen LogP contribution is -2.48. The first kappa shape index (κ1) is 21.2. The number of sulfonamides is 1. The third kappa shape index (κ3) is 3.87. The van der Waals surface area contributed by atoms with Gasteiger partial charge in [-0.05, 0) is 79.9 Å². The van der Waals surface area contributed by atoms with E-state index in [-0.39, 0.29) is 20.9 Å². The monoisotopic (exact) mass is 500 g/mol. The molecule has 4 fully saturated rings. The number of hydrogen-bond acceptors (Lipinski definition) is 7. The topological polar surface area (TPSA) is 101 Å². The highest BCUT2D eigenvalue weighted by molar-refractivity contribution is 7.94. The number of aromatic nitrogens is 2. The van der Waals surface area contributed by atoms with Gasteiger partial charge in [-0.1, -0.05) is 29.5 Å². The molecule has 3 aromatic rings. The van der Waals surface area contributed by atoms with Gasteiger partial charge in [0.15, 0.2) is 0 Å². The largest absolute Gasteiger partial charge is 0.296 e. The molecule has 4 aliphatic rings. The zero-order chi connectivity index (χ0) is 22.6. The predicted molar refractivity (Wildman–Crippen MR) is 129 cm³/mol. The van der Waals surface area contributed by atoms with Crippen LogP contribution in [0.1, 0.15) is 53.9 Å². The third-order valence-corrected chi connectivity index (χ3v) is 11.2. The second kappa shape index (κ2) is 7.89. The molecule has 0 atom stereocenters. The van der Waals surface area contributed by atoms with E-state index < -0.39 is 15.9 Å². The summed E-state index contributed by atoms with van der Waals surface area (Å²) in [4.78, 5) is 13.1. The normalized spacial score (nSPS) is 28.1. The number of nitrogens with one attached hydrogen (secondary N) is 2. The maximum absolute atomic E-state index is 13.1. The van der Waals surface area contributed by atoms with E-state index in [4.69, 9.17) is 0 Å².